The number of nitrogens with one attached hydrogen (secondary N) is 2. The number of benzene rings is 1. The highest BCUT2D eigenvalue weighted by molar-refractivity contribution is 6.44. The molecule has 3 rings (SSSR count). The highest BCUT2D eigenvalue weighted by atomic mass is 16.5. The molecule has 0 radical (unpaired) electrons. The Kier molecular flexibility index (Phi) is 10.4. The molecule has 1 saturated carbocycles. The van der Waals surface area contributed by atoms with Crippen molar-refractivity contribution in [1.29, 1.82) is 0 Å². The molecule has 0 bridgehead atoms. The number of ether oxygens (including phenoxy) is 2. The Labute approximate surface area is 236 Å². The fraction of sp³-hybridized carbons (Fsp3) is 0.414. The minimum Gasteiger partial charge on any atom is -0.503 e. The molecule has 12 heteroatoms. The van der Waals surface area contributed by atoms with Gasteiger partial charge in [0.1, 0.15) is 6.10 Å². The van der Waals surface area contributed by atoms with Gasteiger partial charge in [0.25, 0.3) is 0 Å². The molecule has 1 fully saturated rings. The van der Waals surface area contributed by atoms with Gasteiger partial charge in [-0.3, -0.25) is 33.8 Å². The van der Waals surface area contributed by atoms with Crippen molar-refractivity contribution in [2.75, 3.05) is 12.4 Å². The summed E-state index contributed by atoms with van der Waals surface area (Å²) in [6.45, 7) is 4.34. The lowest BCUT2D eigenvalue weighted by Gasteiger charge is -2.29. The second kappa shape index (κ2) is 13.8. The zero-order valence-corrected chi connectivity index (χ0v) is 23.2. The first-order valence-electron chi connectivity index (χ1n) is 13.1. The van der Waals surface area contributed by atoms with Crippen LogP contribution in [0, 0.1) is 17.8 Å². The Balaban J connectivity index is 1.96. The largest absolute Gasteiger partial charge is 0.503 e. The zero-order chi connectivity index (χ0) is 30.3. The number of pyridine rings is 1. The van der Waals surface area contributed by atoms with E-state index in [1.54, 1.807) is 38.1 Å². The van der Waals surface area contributed by atoms with E-state index in [1.165, 1.54) is 26.3 Å². The Hall–Kier alpha value is -4.45. The molecule has 2 aromatic rings. The number of anilines is 1. The smallest absolute Gasteiger partial charge is 0.308 e. The average Bonchev–Trinajstić information content (AvgIpc) is 2.98. The summed E-state index contributed by atoms with van der Waals surface area (Å²) in [5.74, 6) is -7.60. The van der Waals surface area contributed by atoms with Crippen LogP contribution in [0.25, 0.3) is 0 Å². The van der Waals surface area contributed by atoms with Crippen molar-refractivity contribution in [3.63, 3.8) is 0 Å². The minimum atomic E-state index is -1.39. The maximum atomic E-state index is 13.6. The van der Waals surface area contributed by atoms with E-state index < -0.39 is 65.4 Å². The molecule has 1 heterocycles. The van der Waals surface area contributed by atoms with Crippen LogP contribution in [0.1, 0.15) is 38.4 Å². The van der Waals surface area contributed by atoms with Crippen LogP contribution >= 0.6 is 0 Å². The predicted octanol–water partition coefficient (Wildman–Crippen LogP) is 1.57. The lowest BCUT2D eigenvalue weighted by Crippen LogP contribution is -2.46. The average molecular weight is 568 g/mol. The van der Waals surface area contributed by atoms with Gasteiger partial charge in [-0.25, -0.2) is 0 Å². The Bertz CT molecular complexity index is 1320. The Morgan fingerprint density at radius 1 is 1.10 bits per heavy atom. The second-order valence-electron chi connectivity index (χ2n) is 10.1. The van der Waals surface area contributed by atoms with E-state index in [0.29, 0.717) is 17.7 Å². The van der Waals surface area contributed by atoms with Gasteiger partial charge >= 0.3 is 5.97 Å². The number of rotatable bonds is 10. The number of ketones is 4. The maximum absolute atomic E-state index is 13.6. The second-order valence-corrected chi connectivity index (χ2v) is 10.1. The number of amides is 1. The molecule has 41 heavy (non-hydrogen) atoms. The molecule has 0 unspecified atom stereocenters. The normalized spacial score (nSPS) is 21.6. The number of aromatic nitrogens is 1. The third-order valence-electron chi connectivity index (χ3n) is 6.92. The van der Waals surface area contributed by atoms with Crippen LogP contribution in [0.4, 0.5) is 5.69 Å². The molecule has 12 nitrogen and oxygen atoms in total. The van der Waals surface area contributed by atoms with Gasteiger partial charge in [-0.1, -0.05) is 32.9 Å². The van der Waals surface area contributed by atoms with Crippen molar-refractivity contribution in [2.24, 2.45) is 17.8 Å². The van der Waals surface area contributed by atoms with E-state index >= 15 is 0 Å². The van der Waals surface area contributed by atoms with Crippen molar-refractivity contribution in [1.82, 2.24) is 10.3 Å². The van der Waals surface area contributed by atoms with Crippen LogP contribution in [0.2, 0.25) is 0 Å². The van der Waals surface area contributed by atoms with E-state index in [1.807, 2.05) is 0 Å². The van der Waals surface area contributed by atoms with Gasteiger partial charge in [-0.15, -0.1) is 0 Å². The molecule has 4 atom stereocenters. The van der Waals surface area contributed by atoms with E-state index in [2.05, 4.69) is 15.6 Å². The van der Waals surface area contributed by atoms with Gasteiger partial charge in [0.2, 0.25) is 29.5 Å². The highest BCUT2D eigenvalue weighted by Crippen LogP contribution is 2.30. The number of hydrogen-bond donors (Lipinski definition) is 3. The van der Waals surface area contributed by atoms with E-state index in [0.717, 1.165) is 0 Å². The molecular formula is C29H33N3O9. The summed E-state index contributed by atoms with van der Waals surface area (Å²) in [5.41, 5.74) is 1.19. The van der Waals surface area contributed by atoms with Crippen LogP contribution in [-0.4, -0.2) is 64.9 Å². The number of esters is 1. The molecule has 1 aliphatic rings. The third-order valence-corrected chi connectivity index (χ3v) is 6.92. The van der Waals surface area contributed by atoms with E-state index in [9.17, 15) is 33.9 Å². The fourth-order valence-corrected chi connectivity index (χ4v) is 4.51. The summed E-state index contributed by atoms with van der Waals surface area (Å²) in [5, 5.41) is 15.6. The molecule has 1 aromatic carbocycles. The number of methoxy groups -OCH3 is 1. The van der Waals surface area contributed by atoms with Gasteiger partial charge in [0.05, 0.1) is 36.6 Å². The van der Waals surface area contributed by atoms with Crippen molar-refractivity contribution in [2.45, 2.75) is 52.3 Å². The third kappa shape index (κ3) is 7.40. The lowest BCUT2D eigenvalue weighted by atomic mass is 9.81. The van der Waals surface area contributed by atoms with Crippen molar-refractivity contribution < 1.29 is 43.3 Å². The molecule has 1 amide bonds. The van der Waals surface area contributed by atoms with Crippen molar-refractivity contribution >= 4 is 41.2 Å². The Morgan fingerprint density at radius 3 is 2.39 bits per heavy atom. The summed E-state index contributed by atoms with van der Waals surface area (Å²) in [7, 11) is 1.35. The van der Waals surface area contributed by atoms with Crippen LogP contribution in [-0.2, 0) is 46.5 Å². The minimum absolute atomic E-state index is 0.0620. The first-order valence-corrected chi connectivity index (χ1v) is 13.1. The zero-order valence-electron chi connectivity index (χ0n) is 23.2. The van der Waals surface area contributed by atoms with Gasteiger partial charge in [-0.05, 0) is 24.1 Å². The monoisotopic (exact) mass is 567 g/mol. The first-order chi connectivity index (χ1) is 19.5. The van der Waals surface area contributed by atoms with Crippen LogP contribution in [0.5, 0.6) is 11.5 Å². The van der Waals surface area contributed by atoms with Crippen molar-refractivity contribution in [3.8, 4) is 11.5 Å². The number of nitrogens with zero attached hydrogens (tertiary/aromatic N) is 1. The number of carbonyl (C=O) groups excluding carboxylic acids is 6. The van der Waals surface area contributed by atoms with Gasteiger partial charge < -0.3 is 25.2 Å². The van der Waals surface area contributed by atoms with Crippen molar-refractivity contribution in [3.05, 3.63) is 47.8 Å². The van der Waals surface area contributed by atoms with Crippen LogP contribution in [0.3, 0.4) is 0 Å². The van der Waals surface area contributed by atoms with Gasteiger partial charge in [-0.2, -0.15) is 0 Å². The molecular weight excluding hydrogens is 534 g/mol. The molecule has 1 aliphatic carbocycles. The number of aromatic hydroxyl groups is 1. The quantitative estimate of drug-likeness (QED) is 0.216. The molecule has 3 N–H and O–H groups in total. The molecule has 1 aromatic heterocycles. The number of Topliss-reactive ketones (excluding diaryl/α,β-unsaturated/α-hetero) is 4. The highest BCUT2D eigenvalue weighted by Gasteiger charge is 2.46. The molecule has 218 valence electrons. The summed E-state index contributed by atoms with van der Waals surface area (Å²) >= 11 is 0. The molecule has 0 saturated heterocycles. The maximum Gasteiger partial charge on any atom is 0.308 e. The van der Waals surface area contributed by atoms with Gasteiger partial charge in [0.15, 0.2) is 11.5 Å². The summed E-state index contributed by atoms with van der Waals surface area (Å²) in [6.07, 6.45) is -0.175. The predicted molar refractivity (Wildman–Crippen MR) is 145 cm³/mol. The number of hydrogen-bond acceptors (Lipinski definition) is 11. The topological polar surface area (TPSA) is 178 Å². The summed E-state index contributed by atoms with van der Waals surface area (Å²) in [6, 6.07) is 6.51. The fourth-order valence-electron chi connectivity index (χ4n) is 4.51. The summed E-state index contributed by atoms with van der Waals surface area (Å²) in [4.78, 5) is 80.9. The first kappa shape index (κ1) is 31.1. The van der Waals surface area contributed by atoms with E-state index in [4.69, 9.17) is 9.47 Å². The molecule has 0 aliphatic heterocycles. The number of carbonyl (C=O) groups is 6. The lowest BCUT2D eigenvalue weighted by molar-refractivity contribution is -0.163. The van der Waals surface area contributed by atoms with Crippen LogP contribution in [0.15, 0.2) is 36.5 Å². The Morgan fingerprint density at radius 2 is 1.78 bits per heavy atom. The summed E-state index contributed by atoms with van der Waals surface area (Å²) < 4.78 is 10.7. The molecule has 0 spiro atoms. The van der Waals surface area contributed by atoms with Crippen LogP contribution < -0.4 is 15.4 Å². The SMILES string of the molecule is COc1ccnc(CN[C@H]2CC(=O)C(=O)[C@H](Cc3ccc(NC=O)cc3)[C@H](OC(=O)C(C)C)[C@H](C)C(=O)C2=O)c1O. The standard InChI is InChI=1S/C29H33N3O9/c1-15(2)29(39)41-28-16(3)24(35)27(38)20(31-13-21-26(37)23(40-4)9-10-30-21)12-22(34)25(36)19(28)11-17-5-7-18(8-6-17)32-14-33/h5-10,14-16,19-20,28,31,37H,11-13H2,1-4H3,(H,32,33)/t16-,19+,20+,28-/m1/s1. The van der Waals surface area contributed by atoms with Gasteiger partial charge in [0, 0.05) is 30.9 Å². The van der Waals surface area contributed by atoms with E-state index in [-0.39, 0.29) is 30.2 Å².